The number of carbonyl (C=O) groups excluding carboxylic acids is 1. The number of hydrogen-bond donors (Lipinski definition) is 3. The molecule has 1 aromatic rings. The average Bonchev–Trinajstić information content (AvgIpc) is 2.31. The maximum Gasteiger partial charge on any atom is 0.243 e. The number of nitrogens with two attached hydrogens (primary N) is 2. The van der Waals surface area contributed by atoms with Gasteiger partial charge in [0.25, 0.3) is 0 Å². The Labute approximate surface area is 109 Å². The van der Waals surface area contributed by atoms with Gasteiger partial charge in [0.2, 0.25) is 15.9 Å². The zero-order chi connectivity index (χ0) is 14.5. The Morgan fingerprint density at radius 3 is 2.68 bits per heavy atom. The molecule has 0 heterocycles. The van der Waals surface area contributed by atoms with Crippen molar-refractivity contribution < 1.29 is 22.3 Å². The second kappa shape index (κ2) is 6.45. The molecule has 0 aliphatic carbocycles. The number of anilines is 1. The normalized spacial score (nSPS) is 11.4. The summed E-state index contributed by atoms with van der Waals surface area (Å²) in [6.45, 7) is -0.350. The molecule has 0 unspecified atom stereocenters. The van der Waals surface area contributed by atoms with Crippen LogP contribution < -0.4 is 16.2 Å². The fourth-order valence-corrected chi connectivity index (χ4v) is 2.24. The summed E-state index contributed by atoms with van der Waals surface area (Å²) in [6.07, 6.45) is 0. The number of nitrogens with one attached hydrogen (secondary N) is 1. The van der Waals surface area contributed by atoms with Gasteiger partial charge < -0.3 is 16.2 Å². The minimum atomic E-state index is -3.79. The van der Waals surface area contributed by atoms with E-state index in [2.05, 4.69) is 4.72 Å². The standard InChI is InChI=1S/C10H14FN3O4S/c11-8-2-1-7(5-9(8)12)19(16,17)14-3-4-18-6-10(13)15/h1-2,5,14H,3-4,6,12H2,(H2,13,15). The monoisotopic (exact) mass is 291 g/mol. The molecule has 106 valence electrons. The van der Waals surface area contributed by atoms with Crippen LogP contribution in [0.4, 0.5) is 10.1 Å². The number of benzene rings is 1. The maximum absolute atomic E-state index is 12.9. The zero-order valence-corrected chi connectivity index (χ0v) is 10.7. The van der Waals surface area contributed by atoms with Gasteiger partial charge in [0.1, 0.15) is 12.4 Å². The van der Waals surface area contributed by atoms with E-state index in [0.29, 0.717) is 0 Å². The number of hydrogen-bond acceptors (Lipinski definition) is 5. The summed E-state index contributed by atoms with van der Waals surface area (Å²) < 4.78 is 43.4. The first kappa shape index (κ1) is 15.3. The van der Waals surface area contributed by atoms with Crippen molar-refractivity contribution in [1.29, 1.82) is 0 Å². The van der Waals surface area contributed by atoms with Crippen LogP contribution in [0.15, 0.2) is 23.1 Å². The molecule has 0 saturated carbocycles. The summed E-state index contributed by atoms with van der Waals surface area (Å²) in [6, 6.07) is 3.08. The van der Waals surface area contributed by atoms with Gasteiger partial charge in [-0.1, -0.05) is 0 Å². The highest BCUT2D eigenvalue weighted by Crippen LogP contribution is 2.16. The second-order valence-electron chi connectivity index (χ2n) is 3.60. The Bertz CT molecular complexity index is 562. The highest BCUT2D eigenvalue weighted by Gasteiger charge is 2.14. The van der Waals surface area contributed by atoms with Gasteiger partial charge in [-0.25, -0.2) is 17.5 Å². The number of sulfonamides is 1. The van der Waals surface area contributed by atoms with Crippen molar-refractivity contribution in [3.05, 3.63) is 24.0 Å². The van der Waals surface area contributed by atoms with E-state index in [4.69, 9.17) is 16.2 Å². The van der Waals surface area contributed by atoms with E-state index >= 15 is 0 Å². The summed E-state index contributed by atoms with van der Waals surface area (Å²) in [5.74, 6) is -1.34. The van der Waals surface area contributed by atoms with E-state index in [9.17, 15) is 17.6 Å². The lowest BCUT2D eigenvalue weighted by Crippen LogP contribution is -2.29. The van der Waals surface area contributed by atoms with Crippen molar-refractivity contribution in [2.45, 2.75) is 4.90 Å². The Hall–Kier alpha value is -1.71. The van der Waals surface area contributed by atoms with Gasteiger partial charge in [0, 0.05) is 6.54 Å². The van der Waals surface area contributed by atoms with Gasteiger partial charge in [0.15, 0.2) is 0 Å². The molecule has 1 rings (SSSR count). The number of nitrogen functional groups attached to an aromatic ring is 1. The van der Waals surface area contributed by atoms with Crippen molar-refractivity contribution >= 4 is 21.6 Å². The molecule has 0 bridgehead atoms. The molecule has 0 aromatic heterocycles. The second-order valence-corrected chi connectivity index (χ2v) is 5.37. The molecule has 5 N–H and O–H groups in total. The van der Waals surface area contributed by atoms with Crippen LogP contribution in [0.3, 0.4) is 0 Å². The van der Waals surface area contributed by atoms with Gasteiger partial charge in [-0.3, -0.25) is 4.79 Å². The quantitative estimate of drug-likeness (QED) is 0.447. The maximum atomic E-state index is 12.9. The van der Waals surface area contributed by atoms with E-state index in [-0.39, 0.29) is 30.3 Å². The first-order chi connectivity index (χ1) is 8.83. The number of carbonyl (C=O) groups is 1. The third-order valence-corrected chi connectivity index (χ3v) is 3.52. The average molecular weight is 291 g/mol. The third-order valence-electron chi connectivity index (χ3n) is 2.06. The molecule has 0 spiro atoms. The Morgan fingerprint density at radius 2 is 2.11 bits per heavy atom. The Morgan fingerprint density at radius 1 is 1.42 bits per heavy atom. The van der Waals surface area contributed by atoms with Gasteiger partial charge in [-0.15, -0.1) is 0 Å². The molecule has 0 radical (unpaired) electrons. The molecule has 1 aromatic carbocycles. The summed E-state index contributed by atoms with van der Waals surface area (Å²) in [4.78, 5) is 10.2. The molecule has 9 heteroatoms. The fourth-order valence-electron chi connectivity index (χ4n) is 1.19. The number of halogens is 1. The molecule has 1 amide bonds. The minimum absolute atomic E-state index is 0.0150. The first-order valence-electron chi connectivity index (χ1n) is 5.23. The van der Waals surface area contributed by atoms with Crippen LogP contribution in [0.25, 0.3) is 0 Å². The van der Waals surface area contributed by atoms with Crippen LogP contribution in [0.2, 0.25) is 0 Å². The predicted octanol–water partition coefficient (Wildman–Crippen LogP) is -0.812. The van der Waals surface area contributed by atoms with Crippen LogP contribution in [-0.4, -0.2) is 34.1 Å². The summed E-state index contributed by atoms with van der Waals surface area (Å²) in [5.41, 5.74) is 9.86. The number of ether oxygens (including phenoxy) is 1. The third kappa shape index (κ3) is 4.81. The van der Waals surface area contributed by atoms with Crippen molar-refractivity contribution in [3.63, 3.8) is 0 Å². The Kier molecular flexibility index (Phi) is 5.21. The lowest BCUT2D eigenvalue weighted by molar-refractivity contribution is -0.122. The van der Waals surface area contributed by atoms with Crippen molar-refractivity contribution in [3.8, 4) is 0 Å². The first-order valence-corrected chi connectivity index (χ1v) is 6.72. The van der Waals surface area contributed by atoms with E-state index in [1.807, 2.05) is 0 Å². The fraction of sp³-hybridized carbons (Fsp3) is 0.300. The summed E-state index contributed by atoms with van der Waals surface area (Å²) >= 11 is 0. The zero-order valence-electron chi connectivity index (χ0n) is 9.93. The van der Waals surface area contributed by atoms with Crippen LogP contribution in [0.1, 0.15) is 0 Å². The molecule has 0 aliphatic rings. The van der Waals surface area contributed by atoms with Crippen molar-refractivity contribution in [1.82, 2.24) is 4.72 Å². The molecular weight excluding hydrogens is 277 g/mol. The van der Waals surface area contributed by atoms with Crippen molar-refractivity contribution in [2.24, 2.45) is 5.73 Å². The minimum Gasteiger partial charge on any atom is -0.396 e. The lowest BCUT2D eigenvalue weighted by atomic mass is 10.3. The molecular formula is C10H14FN3O4S. The smallest absolute Gasteiger partial charge is 0.243 e. The molecule has 19 heavy (non-hydrogen) atoms. The topological polar surface area (TPSA) is 125 Å². The van der Waals surface area contributed by atoms with E-state index in [1.165, 1.54) is 0 Å². The molecule has 0 atom stereocenters. The lowest BCUT2D eigenvalue weighted by Gasteiger charge is -2.07. The SMILES string of the molecule is NC(=O)COCCNS(=O)(=O)c1ccc(F)c(N)c1. The van der Waals surface area contributed by atoms with E-state index in [1.54, 1.807) is 0 Å². The summed E-state index contributed by atoms with van der Waals surface area (Å²) in [5, 5.41) is 0. The summed E-state index contributed by atoms with van der Waals surface area (Å²) in [7, 11) is -3.79. The highest BCUT2D eigenvalue weighted by atomic mass is 32.2. The van der Waals surface area contributed by atoms with Gasteiger partial charge in [-0.2, -0.15) is 0 Å². The largest absolute Gasteiger partial charge is 0.396 e. The molecule has 7 nitrogen and oxygen atoms in total. The number of primary amides is 1. The van der Waals surface area contributed by atoms with Gasteiger partial charge in [0.05, 0.1) is 17.2 Å². The highest BCUT2D eigenvalue weighted by molar-refractivity contribution is 7.89. The molecule has 0 aliphatic heterocycles. The van der Waals surface area contributed by atoms with Crippen LogP contribution in [-0.2, 0) is 19.6 Å². The number of amides is 1. The van der Waals surface area contributed by atoms with E-state index < -0.39 is 21.7 Å². The predicted molar refractivity (Wildman–Crippen MR) is 66.0 cm³/mol. The molecule has 0 saturated heterocycles. The van der Waals surface area contributed by atoms with Gasteiger partial charge in [-0.05, 0) is 18.2 Å². The van der Waals surface area contributed by atoms with Crippen LogP contribution >= 0.6 is 0 Å². The van der Waals surface area contributed by atoms with Crippen LogP contribution in [0.5, 0.6) is 0 Å². The Balaban J connectivity index is 2.56. The number of rotatable bonds is 7. The molecule has 0 fully saturated rings. The van der Waals surface area contributed by atoms with Gasteiger partial charge >= 0.3 is 0 Å². The van der Waals surface area contributed by atoms with Crippen LogP contribution in [0, 0.1) is 5.82 Å². The van der Waals surface area contributed by atoms with E-state index in [0.717, 1.165) is 18.2 Å². The van der Waals surface area contributed by atoms with Crippen molar-refractivity contribution in [2.75, 3.05) is 25.5 Å².